The van der Waals surface area contributed by atoms with Crippen LogP contribution in [0.5, 0.6) is 0 Å². The molecule has 0 saturated carbocycles. The molecule has 0 aliphatic rings. The minimum absolute atomic E-state index is 0.294. The molecule has 13 heavy (non-hydrogen) atoms. The van der Waals surface area contributed by atoms with Gasteiger partial charge >= 0.3 is 0 Å². The zero-order chi connectivity index (χ0) is 9.84. The van der Waals surface area contributed by atoms with Gasteiger partial charge < -0.3 is 11.1 Å². The normalized spacial score (nSPS) is 10.0. The fourth-order valence-electron chi connectivity index (χ4n) is 0.841. The third-order valence-electron chi connectivity index (χ3n) is 1.68. The Morgan fingerprint density at radius 2 is 2.31 bits per heavy atom. The number of hydrogen-bond donors (Lipinski definition) is 2. The third-order valence-corrected chi connectivity index (χ3v) is 2.71. The average Bonchev–Trinajstić information content (AvgIpc) is 2.30. The monoisotopic (exact) mass is 199 g/mol. The Hall–Kier alpha value is -1.10. The molecule has 0 fully saturated rings. The van der Waals surface area contributed by atoms with E-state index in [4.69, 9.17) is 5.73 Å². The van der Waals surface area contributed by atoms with Crippen LogP contribution in [0.2, 0.25) is 0 Å². The van der Waals surface area contributed by atoms with Crippen molar-refractivity contribution in [2.24, 2.45) is 5.73 Å². The van der Waals surface area contributed by atoms with Gasteiger partial charge in [-0.1, -0.05) is 0 Å². The molecular formula is C8H13N3OS. The van der Waals surface area contributed by atoms with Crippen LogP contribution >= 0.6 is 11.3 Å². The van der Waals surface area contributed by atoms with Crippen molar-refractivity contribution in [1.82, 2.24) is 4.98 Å². The van der Waals surface area contributed by atoms with E-state index in [9.17, 15) is 4.79 Å². The van der Waals surface area contributed by atoms with Gasteiger partial charge in [0, 0.05) is 17.8 Å². The van der Waals surface area contributed by atoms with Crippen molar-refractivity contribution in [1.29, 1.82) is 0 Å². The molecule has 3 N–H and O–H groups in total. The van der Waals surface area contributed by atoms with Gasteiger partial charge in [0.15, 0.2) is 5.13 Å². The summed E-state index contributed by atoms with van der Waals surface area (Å²) in [5, 5.41) is 3.90. The number of anilines is 1. The van der Waals surface area contributed by atoms with E-state index in [2.05, 4.69) is 10.3 Å². The summed E-state index contributed by atoms with van der Waals surface area (Å²) in [6.45, 7) is 4.54. The zero-order valence-corrected chi connectivity index (χ0v) is 8.57. The Kier molecular flexibility index (Phi) is 3.25. The lowest BCUT2D eigenvalue weighted by molar-refractivity contribution is -0.117. The molecule has 0 aromatic carbocycles. The maximum absolute atomic E-state index is 10.4. The molecule has 0 atom stereocenters. The number of aromatic nitrogens is 1. The van der Waals surface area contributed by atoms with Gasteiger partial charge in [-0.2, -0.15) is 0 Å². The molecule has 0 spiro atoms. The smallest absolute Gasteiger partial charge is 0.219 e. The SMILES string of the molecule is Cc1nc(NCCC(N)=O)sc1C. The summed E-state index contributed by atoms with van der Waals surface area (Å²) in [4.78, 5) is 15.9. The van der Waals surface area contributed by atoms with E-state index in [1.165, 1.54) is 4.88 Å². The van der Waals surface area contributed by atoms with Gasteiger partial charge in [0.1, 0.15) is 0 Å². The zero-order valence-electron chi connectivity index (χ0n) is 7.76. The molecule has 0 aliphatic heterocycles. The molecule has 1 aromatic rings. The maximum Gasteiger partial charge on any atom is 0.219 e. The van der Waals surface area contributed by atoms with Crippen molar-refractivity contribution in [3.63, 3.8) is 0 Å². The van der Waals surface area contributed by atoms with Crippen LogP contribution in [0.4, 0.5) is 5.13 Å². The topological polar surface area (TPSA) is 68.0 Å². The second-order valence-corrected chi connectivity index (χ2v) is 4.01. The summed E-state index contributed by atoms with van der Waals surface area (Å²) in [7, 11) is 0. The highest BCUT2D eigenvalue weighted by Gasteiger charge is 2.02. The summed E-state index contributed by atoms with van der Waals surface area (Å²) in [6.07, 6.45) is 0.345. The van der Waals surface area contributed by atoms with Crippen molar-refractivity contribution < 1.29 is 4.79 Å². The van der Waals surface area contributed by atoms with Crippen LogP contribution in [-0.4, -0.2) is 17.4 Å². The van der Waals surface area contributed by atoms with Gasteiger partial charge in [0.2, 0.25) is 5.91 Å². The molecule has 0 saturated heterocycles. The number of nitrogens with two attached hydrogens (primary N) is 1. The van der Waals surface area contributed by atoms with Crippen molar-refractivity contribution >= 4 is 22.4 Å². The van der Waals surface area contributed by atoms with Gasteiger partial charge in [0.05, 0.1) is 5.69 Å². The Morgan fingerprint density at radius 1 is 1.62 bits per heavy atom. The lowest BCUT2D eigenvalue weighted by atomic mass is 10.4. The van der Waals surface area contributed by atoms with Crippen molar-refractivity contribution in [2.45, 2.75) is 20.3 Å². The fraction of sp³-hybridized carbons (Fsp3) is 0.500. The summed E-state index contributed by atoms with van der Waals surface area (Å²) in [5.41, 5.74) is 6.03. The van der Waals surface area contributed by atoms with E-state index < -0.39 is 0 Å². The Labute approximate surface area is 81.2 Å². The van der Waals surface area contributed by atoms with Gasteiger partial charge in [-0.25, -0.2) is 4.98 Å². The lowest BCUT2D eigenvalue weighted by Crippen LogP contribution is -2.15. The van der Waals surface area contributed by atoms with E-state index in [-0.39, 0.29) is 5.91 Å². The summed E-state index contributed by atoms with van der Waals surface area (Å²) >= 11 is 1.59. The first kappa shape index (κ1) is 9.98. The predicted octanol–water partition coefficient (Wildman–Crippen LogP) is 1.05. The summed E-state index contributed by atoms with van der Waals surface area (Å²) in [5.74, 6) is -0.294. The minimum Gasteiger partial charge on any atom is -0.370 e. The van der Waals surface area contributed by atoms with Crippen LogP contribution in [0, 0.1) is 13.8 Å². The molecule has 1 amide bonds. The average molecular weight is 199 g/mol. The quantitative estimate of drug-likeness (QED) is 0.761. The molecule has 4 nitrogen and oxygen atoms in total. The molecule has 0 aliphatic carbocycles. The molecule has 5 heteroatoms. The number of thiazole rings is 1. The van der Waals surface area contributed by atoms with Gasteiger partial charge in [-0.05, 0) is 13.8 Å². The molecule has 0 radical (unpaired) electrons. The van der Waals surface area contributed by atoms with E-state index in [1.54, 1.807) is 11.3 Å². The van der Waals surface area contributed by atoms with Crippen LogP contribution < -0.4 is 11.1 Å². The number of carbonyl (C=O) groups excluding carboxylic acids is 1. The van der Waals surface area contributed by atoms with E-state index in [0.29, 0.717) is 13.0 Å². The first-order valence-corrected chi connectivity index (χ1v) is 4.87. The molecule has 0 bridgehead atoms. The Bertz CT molecular complexity index is 289. The number of rotatable bonds is 4. The van der Waals surface area contributed by atoms with Crippen molar-refractivity contribution in [3.8, 4) is 0 Å². The number of hydrogen-bond acceptors (Lipinski definition) is 4. The minimum atomic E-state index is -0.294. The van der Waals surface area contributed by atoms with Crippen LogP contribution in [0.15, 0.2) is 0 Å². The highest BCUT2D eigenvalue weighted by atomic mass is 32.1. The first-order chi connectivity index (χ1) is 6.09. The molecule has 0 unspecified atom stereocenters. The highest BCUT2D eigenvalue weighted by molar-refractivity contribution is 7.15. The summed E-state index contributed by atoms with van der Waals surface area (Å²) in [6, 6.07) is 0. The van der Waals surface area contributed by atoms with Gasteiger partial charge in [-0.15, -0.1) is 11.3 Å². The van der Waals surface area contributed by atoms with Crippen molar-refractivity contribution in [3.05, 3.63) is 10.6 Å². The predicted molar refractivity (Wildman–Crippen MR) is 53.9 cm³/mol. The van der Waals surface area contributed by atoms with E-state index >= 15 is 0 Å². The lowest BCUT2D eigenvalue weighted by Gasteiger charge is -1.98. The third kappa shape index (κ3) is 3.02. The molecule has 1 rings (SSSR count). The second-order valence-electron chi connectivity index (χ2n) is 2.80. The van der Waals surface area contributed by atoms with E-state index in [0.717, 1.165) is 10.8 Å². The molecule has 1 heterocycles. The van der Waals surface area contributed by atoms with Gasteiger partial charge in [0.25, 0.3) is 0 Å². The van der Waals surface area contributed by atoms with Crippen LogP contribution in [0.25, 0.3) is 0 Å². The molecule has 72 valence electrons. The number of carbonyl (C=O) groups is 1. The number of primary amides is 1. The van der Waals surface area contributed by atoms with Crippen LogP contribution in [0.1, 0.15) is 17.0 Å². The standard InChI is InChI=1S/C8H13N3OS/c1-5-6(2)13-8(11-5)10-4-3-7(9)12/h3-4H2,1-2H3,(H2,9,12)(H,10,11). The van der Waals surface area contributed by atoms with E-state index in [1.807, 2.05) is 13.8 Å². The van der Waals surface area contributed by atoms with Crippen LogP contribution in [-0.2, 0) is 4.79 Å². The molecule has 1 aromatic heterocycles. The summed E-state index contributed by atoms with van der Waals surface area (Å²) < 4.78 is 0. The molecular weight excluding hydrogens is 186 g/mol. The van der Waals surface area contributed by atoms with Gasteiger partial charge in [-0.3, -0.25) is 4.79 Å². The largest absolute Gasteiger partial charge is 0.370 e. The highest BCUT2D eigenvalue weighted by Crippen LogP contribution is 2.20. The first-order valence-electron chi connectivity index (χ1n) is 4.06. The van der Waals surface area contributed by atoms with Crippen LogP contribution in [0.3, 0.4) is 0 Å². The second kappa shape index (κ2) is 4.23. The number of amides is 1. The number of nitrogens with one attached hydrogen (secondary N) is 1. The van der Waals surface area contributed by atoms with Crippen molar-refractivity contribution in [2.75, 3.05) is 11.9 Å². The Balaban J connectivity index is 2.41. The number of aryl methyl sites for hydroxylation is 2. The number of nitrogens with zero attached hydrogens (tertiary/aromatic N) is 1. The Morgan fingerprint density at radius 3 is 2.77 bits per heavy atom. The fourth-order valence-corrected chi connectivity index (χ4v) is 1.68. The maximum atomic E-state index is 10.4.